The van der Waals surface area contributed by atoms with Gasteiger partial charge in [-0.05, 0) is 36.1 Å². The number of rotatable bonds is 6. The Hall–Kier alpha value is -3.08. The van der Waals surface area contributed by atoms with E-state index in [9.17, 15) is 4.79 Å². The Morgan fingerprint density at radius 1 is 1.08 bits per heavy atom. The molecular formula is C21H24N4O. The van der Waals surface area contributed by atoms with Crippen LogP contribution < -0.4 is 5.32 Å². The molecule has 0 aliphatic carbocycles. The fourth-order valence-electron chi connectivity index (χ4n) is 2.97. The van der Waals surface area contributed by atoms with Crippen LogP contribution in [-0.4, -0.2) is 21.1 Å². The highest BCUT2D eigenvalue weighted by atomic mass is 16.2. The smallest absolute Gasteiger partial charge is 0.314 e. The number of hydrogen-bond acceptors (Lipinski definition) is 2. The SMILES string of the molecule is CCc1cccc(C)c1NC(=O)N(Cc1ccccc1)Cc1ccn[nH]1. The minimum Gasteiger partial charge on any atom is -0.314 e. The lowest BCUT2D eigenvalue weighted by Crippen LogP contribution is -2.34. The van der Waals surface area contributed by atoms with Gasteiger partial charge in [0.25, 0.3) is 0 Å². The van der Waals surface area contributed by atoms with Gasteiger partial charge in [0.2, 0.25) is 0 Å². The minimum atomic E-state index is -0.118. The van der Waals surface area contributed by atoms with Crippen LogP contribution in [-0.2, 0) is 19.5 Å². The highest BCUT2D eigenvalue weighted by Gasteiger charge is 2.17. The number of aromatic nitrogens is 2. The molecule has 0 aliphatic heterocycles. The number of urea groups is 1. The molecule has 0 saturated carbocycles. The summed E-state index contributed by atoms with van der Waals surface area (Å²) < 4.78 is 0. The summed E-state index contributed by atoms with van der Waals surface area (Å²) in [6.45, 7) is 5.11. The summed E-state index contributed by atoms with van der Waals surface area (Å²) in [6, 6.07) is 17.9. The minimum absolute atomic E-state index is 0.118. The summed E-state index contributed by atoms with van der Waals surface area (Å²) in [5.41, 5.74) is 5.10. The van der Waals surface area contributed by atoms with Crippen molar-refractivity contribution in [1.29, 1.82) is 0 Å². The number of nitrogens with zero attached hydrogens (tertiary/aromatic N) is 2. The Balaban J connectivity index is 1.82. The van der Waals surface area contributed by atoms with Crippen LogP contribution in [0, 0.1) is 6.92 Å². The molecule has 134 valence electrons. The molecule has 26 heavy (non-hydrogen) atoms. The highest BCUT2D eigenvalue weighted by molar-refractivity contribution is 5.91. The summed E-state index contributed by atoms with van der Waals surface area (Å²) >= 11 is 0. The normalized spacial score (nSPS) is 10.5. The van der Waals surface area contributed by atoms with E-state index >= 15 is 0 Å². The zero-order valence-electron chi connectivity index (χ0n) is 15.2. The molecule has 5 nitrogen and oxygen atoms in total. The van der Waals surface area contributed by atoms with Gasteiger partial charge in [-0.2, -0.15) is 5.10 Å². The van der Waals surface area contributed by atoms with Crippen molar-refractivity contribution in [2.24, 2.45) is 0 Å². The number of aromatic amines is 1. The summed E-state index contributed by atoms with van der Waals surface area (Å²) in [7, 11) is 0. The number of benzene rings is 2. The molecule has 2 amide bonds. The number of carbonyl (C=O) groups excluding carboxylic acids is 1. The topological polar surface area (TPSA) is 61.0 Å². The number of amides is 2. The summed E-state index contributed by atoms with van der Waals surface area (Å²) in [5.74, 6) is 0. The Morgan fingerprint density at radius 2 is 1.88 bits per heavy atom. The predicted molar refractivity (Wildman–Crippen MR) is 104 cm³/mol. The van der Waals surface area contributed by atoms with Crippen molar-refractivity contribution in [3.63, 3.8) is 0 Å². The second-order valence-corrected chi connectivity index (χ2v) is 6.32. The van der Waals surface area contributed by atoms with Crippen LogP contribution in [0.15, 0.2) is 60.8 Å². The van der Waals surface area contributed by atoms with Crippen LogP contribution in [0.1, 0.15) is 29.3 Å². The van der Waals surface area contributed by atoms with Crippen LogP contribution in [0.2, 0.25) is 0 Å². The second kappa shape index (κ2) is 8.34. The summed E-state index contributed by atoms with van der Waals surface area (Å²) in [6.07, 6.45) is 2.57. The van der Waals surface area contributed by atoms with E-state index in [0.717, 1.165) is 34.5 Å². The van der Waals surface area contributed by atoms with Gasteiger partial charge >= 0.3 is 6.03 Å². The van der Waals surface area contributed by atoms with Crippen molar-refractivity contribution in [3.05, 3.63) is 83.2 Å². The first kappa shape index (κ1) is 17.7. The van der Waals surface area contributed by atoms with Crippen molar-refractivity contribution in [2.75, 3.05) is 5.32 Å². The fourth-order valence-corrected chi connectivity index (χ4v) is 2.97. The van der Waals surface area contributed by atoms with E-state index in [2.05, 4.69) is 28.5 Å². The average molecular weight is 348 g/mol. The lowest BCUT2D eigenvalue weighted by molar-refractivity contribution is 0.205. The molecule has 0 atom stereocenters. The molecule has 0 saturated heterocycles. The van der Waals surface area contributed by atoms with Gasteiger partial charge in [-0.15, -0.1) is 0 Å². The molecule has 0 unspecified atom stereocenters. The largest absolute Gasteiger partial charge is 0.322 e. The number of para-hydroxylation sites is 1. The van der Waals surface area contributed by atoms with Gasteiger partial charge in [0.15, 0.2) is 0 Å². The van der Waals surface area contributed by atoms with Crippen LogP contribution in [0.3, 0.4) is 0 Å². The van der Waals surface area contributed by atoms with Gasteiger partial charge in [-0.1, -0.05) is 55.5 Å². The first-order chi connectivity index (χ1) is 12.7. The molecule has 0 radical (unpaired) electrons. The van der Waals surface area contributed by atoms with E-state index in [1.165, 1.54) is 0 Å². The summed E-state index contributed by atoms with van der Waals surface area (Å²) in [4.78, 5) is 14.8. The number of hydrogen-bond donors (Lipinski definition) is 2. The van der Waals surface area contributed by atoms with Gasteiger partial charge in [0.05, 0.1) is 12.2 Å². The van der Waals surface area contributed by atoms with Crippen LogP contribution in [0.5, 0.6) is 0 Å². The Morgan fingerprint density at radius 3 is 2.58 bits per heavy atom. The van der Waals surface area contributed by atoms with E-state index < -0.39 is 0 Å². The molecule has 3 aromatic rings. The molecule has 3 rings (SSSR count). The van der Waals surface area contributed by atoms with Gasteiger partial charge < -0.3 is 10.2 Å². The van der Waals surface area contributed by atoms with E-state index in [0.29, 0.717) is 13.1 Å². The van der Waals surface area contributed by atoms with Gasteiger partial charge in [0.1, 0.15) is 0 Å². The quantitative estimate of drug-likeness (QED) is 0.688. The average Bonchev–Trinajstić information content (AvgIpc) is 3.17. The van der Waals surface area contributed by atoms with Crippen molar-refractivity contribution in [2.45, 2.75) is 33.4 Å². The van der Waals surface area contributed by atoms with Crippen LogP contribution in [0.25, 0.3) is 0 Å². The molecule has 2 N–H and O–H groups in total. The highest BCUT2D eigenvalue weighted by Crippen LogP contribution is 2.22. The lowest BCUT2D eigenvalue weighted by Gasteiger charge is -2.24. The van der Waals surface area contributed by atoms with Crippen molar-refractivity contribution in [3.8, 4) is 0 Å². The Bertz CT molecular complexity index is 844. The zero-order chi connectivity index (χ0) is 18.4. The van der Waals surface area contributed by atoms with Gasteiger partial charge in [-0.3, -0.25) is 5.10 Å². The zero-order valence-corrected chi connectivity index (χ0v) is 15.2. The molecular weight excluding hydrogens is 324 g/mol. The maximum absolute atomic E-state index is 13.0. The van der Waals surface area contributed by atoms with E-state index in [-0.39, 0.29) is 6.03 Å². The number of carbonyl (C=O) groups is 1. The Labute approximate surface area is 154 Å². The Kier molecular flexibility index (Phi) is 5.69. The number of anilines is 1. The molecule has 2 aromatic carbocycles. The molecule has 1 heterocycles. The third-order valence-electron chi connectivity index (χ3n) is 4.40. The van der Waals surface area contributed by atoms with E-state index in [4.69, 9.17) is 0 Å². The number of aryl methyl sites for hydroxylation is 2. The molecule has 5 heteroatoms. The molecule has 0 spiro atoms. The number of nitrogens with one attached hydrogen (secondary N) is 2. The fraction of sp³-hybridized carbons (Fsp3) is 0.238. The van der Waals surface area contributed by atoms with Crippen LogP contribution in [0.4, 0.5) is 10.5 Å². The molecule has 0 fully saturated rings. The van der Waals surface area contributed by atoms with Crippen molar-refractivity contribution in [1.82, 2.24) is 15.1 Å². The lowest BCUT2D eigenvalue weighted by atomic mass is 10.1. The van der Waals surface area contributed by atoms with Crippen molar-refractivity contribution < 1.29 is 4.79 Å². The number of H-pyrrole nitrogens is 1. The van der Waals surface area contributed by atoms with Crippen LogP contribution >= 0.6 is 0 Å². The standard InChI is InChI=1S/C21H24N4O/c1-3-18-11-7-8-16(2)20(18)23-21(26)25(15-19-12-13-22-24-19)14-17-9-5-4-6-10-17/h4-13H,3,14-15H2,1-2H3,(H,22,24)(H,23,26). The molecule has 0 aliphatic rings. The second-order valence-electron chi connectivity index (χ2n) is 6.32. The third-order valence-corrected chi connectivity index (χ3v) is 4.40. The maximum atomic E-state index is 13.0. The predicted octanol–water partition coefficient (Wildman–Crippen LogP) is 4.51. The monoisotopic (exact) mass is 348 g/mol. The molecule has 0 bridgehead atoms. The summed E-state index contributed by atoms with van der Waals surface area (Å²) in [5, 5.41) is 10.0. The maximum Gasteiger partial charge on any atom is 0.322 e. The first-order valence-corrected chi connectivity index (χ1v) is 8.84. The van der Waals surface area contributed by atoms with E-state index in [1.54, 1.807) is 11.1 Å². The first-order valence-electron chi connectivity index (χ1n) is 8.84. The van der Waals surface area contributed by atoms with Gasteiger partial charge in [-0.25, -0.2) is 4.79 Å². The van der Waals surface area contributed by atoms with Crippen molar-refractivity contribution >= 4 is 11.7 Å². The van der Waals surface area contributed by atoms with E-state index in [1.807, 2.05) is 55.5 Å². The third kappa shape index (κ3) is 4.30. The molecule has 1 aromatic heterocycles. The van der Waals surface area contributed by atoms with Gasteiger partial charge in [0, 0.05) is 18.4 Å².